The van der Waals surface area contributed by atoms with Crippen LogP contribution in [0.5, 0.6) is 0 Å². The number of benzene rings is 2. The molecule has 2 aromatic rings. The Hall–Kier alpha value is -3.36. The molecule has 3 amide bonds. The Morgan fingerprint density at radius 1 is 1.07 bits per heavy atom. The van der Waals surface area contributed by atoms with Crippen molar-refractivity contribution in [3.05, 3.63) is 65.2 Å². The van der Waals surface area contributed by atoms with Crippen LogP contribution >= 0.6 is 0 Å². The van der Waals surface area contributed by atoms with Gasteiger partial charge in [0.25, 0.3) is 5.91 Å². The van der Waals surface area contributed by atoms with E-state index in [9.17, 15) is 27.6 Å². The number of carbonyl (C=O) groups excluding carboxylic acids is 3. The van der Waals surface area contributed by atoms with E-state index in [0.717, 1.165) is 12.1 Å². The van der Waals surface area contributed by atoms with Gasteiger partial charge in [-0.05, 0) is 35.9 Å². The average molecular weight is 393 g/mol. The number of nitrogens with one attached hydrogen (secondary N) is 2. The van der Waals surface area contributed by atoms with E-state index >= 15 is 0 Å². The molecular formula is C19H18F3N3O3. The van der Waals surface area contributed by atoms with Gasteiger partial charge in [0.1, 0.15) is 6.04 Å². The largest absolute Gasteiger partial charge is 0.416 e. The maximum absolute atomic E-state index is 12.6. The van der Waals surface area contributed by atoms with Crippen molar-refractivity contribution in [1.82, 2.24) is 5.32 Å². The van der Waals surface area contributed by atoms with Crippen LogP contribution in [0.3, 0.4) is 0 Å². The third kappa shape index (κ3) is 5.83. The van der Waals surface area contributed by atoms with E-state index in [4.69, 9.17) is 5.73 Å². The molecule has 2 aromatic carbocycles. The Kier molecular flexibility index (Phi) is 6.40. The molecule has 4 N–H and O–H groups in total. The van der Waals surface area contributed by atoms with Crippen LogP contribution in [0.4, 0.5) is 18.9 Å². The van der Waals surface area contributed by atoms with Gasteiger partial charge in [-0.2, -0.15) is 13.2 Å². The van der Waals surface area contributed by atoms with Crippen LogP contribution in [0.2, 0.25) is 0 Å². The summed E-state index contributed by atoms with van der Waals surface area (Å²) in [6.07, 6.45) is -4.53. The summed E-state index contributed by atoms with van der Waals surface area (Å²) < 4.78 is 37.9. The van der Waals surface area contributed by atoms with Gasteiger partial charge in [0.05, 0.1) is 5.56 Å². The summed E-state index contributed by atoms with van der Waals surface area (Å²) in [5.74, 6) is -1.75. The summed E-state index contributed by atoms with van der Waals surface area (Å²) in [5, 5.41) is 4.99. The summed E-state index contributed by atoms with van der Waals surface area (Å²) in [7, 11) is 0. The number of carbonyl (C=O) groups is 3. The summed E-state index contributed by atoms with van der Waals surface area (Å²) >= 11 is 0. The van der Waals surface area contributed by atoms with Gasteiger partial charge < -0.3 is 16.4 Å². The smallest absolute Gasteiger partial charge is 0.368 e. The van der Waals surface area contributed by atoms with Crippen molar-refractivity contribution < 1.29 is 27.6 Å². The number of halogens is 3. The second kappa shape index (κ2) is 8.55. The Labute approximate surface area is 158 Å². The van der Waals surface area contributed by atoms with Crippen molar-refractivity contribution in [2.45, 2.75) is 25.6 Å². The Bertz CT molecular complexity index is 880. The van der Waals surface area contributed by atoms with Gasteiger partial charge in [-0.3, -0.25) is 14.4 Å². The molecule has 6 nitrogen and oxygen atoms in total. The predicted molar refractivity (Wildman–Crippen MR) is 96.3 cm³/mol. The molecule has 0 aliphatic carbocycles. The van der Waals surface area contributed by atoms with Crippen LogP contribution in [0.1, 0.15) is 28.4 Å². The molecule has 0 bridgehead atoms. The van der Waals surface area contributed by atoms with Gasteiger partial charge in [0.15, 0.2) is 0 Å². The van der Waals surface area contributed by atoms with Gasteiger partial charge >= 0.3 is 6.18 Å². The van der Waals surface area contributed by atoms with Crippen molar-refractivity contribution in [2.75, 3.05) is 5.32 Å². The highest BCUT2D eigenvalue weighted by atomic mass is 19.4. The third-order valence-corrected chi connectivity index (χ3v) is 3.81. The number of primary amides is 1. The Morgan fingerprint density at radius 3 is 2.25 bits per heavy atom. The molecule has 0 aromatic heterocycles. The lowest BCUT2D eigenvalue weighted by Gasteiger charge is -2.16. The van der Waals surface area contributed by atoms with E-state index in [2.05, 4.69) is 10.6 Å². The Morgan fingerprint density at radius 2 is 1.71 bits per heavy atom. The first-order chi connectivity index (χ1) is 13.1. The molecule has 0 spiro atoms. The first kappa shape index (κ1) is 20.9. The summed E-state index contributed by atoms with van der Waals surface area (Å²) in [6.45, 7) is 1.32. The van der Waals surface area contributed by atoms with Gasteiger partial charge in [-0.15, -0.1) is 0 Å². The van der Waals surface area contributed by atoms with Gasteiger partial charge in [-0.1, -0.05) is 18.2 Å². The zero-order chi connectivity index (χ0) is 20.9. The first-order valence-corrected chi connectivity index (χ1v) is 8.20. The minimum absolute atomic E-state index is 0.0649. The lowest BCUT2D eigenvalue weighted by atomic mass is 10.0. The molecule has 9 heteroatoms. The minimum atomic E-state index is -4.46. The molecule has 0 unspecified atom stereocenters. The molecule has 0 fully saturated rings. The number of hydrogen-bond acceptors (Lipinski definition) is 3. The molecule has 0 saturated carbocycles. The van der Waals surface area contributed by atoms with Crippen molar-refractivity contribution >= 4 is 23.4 Å². The number of anilines is 1. The SMILES string of the molecule is CC(=O)Nc1cccc(C(=O)N[C@H](Cc2ccc(C(F)(F)F)cc2)C(N)=O)c1. The standard InChI is InChI=1S/C19H18F3N3O3/c1-11(26)24-15-4-2-3-13(10-15)18(28)25-16(17(23)27)9-12-5-7-14(8-6-12)19(20,21)22/h2-8,10,16H,9H2,1H3,(H2,23,27)(H,24,26)(H,25,28)/t16-/m1/s1. The van der Waals surface area contributed by atoms with Gasteiger partial charge in [-0.25, -0.2) is 0 Å². The van der Waals surface area contributed by atoms with Crippen molar-refractivity contribution in [3.63, 3.8) is 0 Å². The summed E-state index contributed by atoms with van der Waals surface area (Å²) in [5.41, 5.74) is 5.49. The molecule has 1 atom stereocenters. The maximum atomic E-state index is 12.6. The zero-order valence-corrected chi connectivity index (χ0v) is 14.8. The first-order valence-electron chi connectivity index (χ1n) is 8.20. The molecule has 0 aliphatic heterocycles. The second-order valence-electron chi connectivity index (χ2n) is 6.09. The van der Waals surface area contributed by atoms with E-state index < -0.39 is 29.6 Å². The highest BCUT2D eigenvalue weighted by molar-refractivity contribution is 5.99. The van der Waals surface area contributed by atoms with Crippen molar-refractivity contribution in [3.8, 4) is 0 Å². The van der Waals surface area contributed by atoms with Crippen LogP contribution in [0.25, 0.3) is 0 Å². The van der Waals surface area contributed by atoms with E-state index in [1.54, 1.807) is 12.1 Å². The number of rotatable bonds is 6. The predicted octanol–water partition coefficient (Wildman–Crippen LogP) is 2.49. The highest BCUT2D eigenvalue weighted by Crippen LogP contribution is 2.29. The third-order valence-electron chi connectivity index (χ3n) is 3.81. The zero-order valence-electron chi connectivity index (χ0n) is 14.8. The summed E-state index contributed by atoms with van der Waals surface area (Å²) in [6, 6.07) is 9.17. The van der Waals surface area contributed by atoms with E-state index in [1.807, 2.05) is 0 Å². The molecule has 0 radical (unpaired) electrons. The fourth-order valence-electron chi connectivity index (χ4n) is 2.47. The van der Waals surface area contributed by atoms with Gasteiger partial charge in [0, 0.05) is 24.6 Å². The highest BCUT2D eigenvalue weighted by Gasteiger charge is 2.30. The lowest BCUT2D eigenvalue weighted by Crippen LogP contribution is -2.45. The fraction of sp³-hybridized carbons (Fsp3) is 0.211. The van der Waals surface area contributed by atoms with Crippen LogP contribution in [0.15, 0.2) is 48.5 Å². The molecule has 0 heterocycles. The van der Waals surface area contributed by atoms with Crippen LogP contribution in [0, 0.1) is 0 Å². The molecule has 0 saturated heterocycles. The van der Waals surface area contributed by atoms with Crippen LogP contribution in [-0.2, 0) is 22.2 Å². The quantitative estimate of drug-likeness (QED) is 0.703. The van der Waals surface area contributed by atoms with Crippen molar-refractivity contribution in [2.24, 2.45) is 5.73 Å². The van der Waals surface area contributed by atoms with Crippen molar-refractivity contribution in [1.29, 1.82) is 0 Å². The molecule has 28 heavy (non-hydrogen) atoms. The van der Waals surface area contributed by atoms with Crippen LogP contribution in [-0.4, -0.2) is 23.8 Å². The number of hydrogen-bond donors (Lipinski definition) is 3. The van der Waals surface area contributed by atoms with E-state index in [1.165, 1.54) is 31.2 Å². The number of nitrogens with two attached hydrogens (primary N) is 1. The molecule has 148 valence electrons. The Balaban J connectivity index is 2.11. The monoisotopic (exact) mass is 393 g/mol. The summed E-state index contributed by atoms with van der Waals surface area (Å²) in [4.78, 5) is 35.2. The number of alkyl halides is 3. The second-order valence-corrected chi connectivity index (χ2v) is 6.09. The normalized spacial score (nSPS) is 12.1. The number of amides is 3. The maximum Gasteiger partial charge on any atom is 0.416 e. The fourth-order valence-corrected chi connectivity index (χ4v) is 2.47. The van der Waals surface area contributed by atoms with E-state index in [-0.39, 0.29) is 17.9 Å². The minimum Gasteiger partial charge on any atom is -0.368 e. The molecule has 2 rings (SSSR count). The average Bonchev–Trinajstić information content (AvgIpc) is 2.60. The van der Waals surface area contributed by atoms with Gasteiger partial charge in [0.2, 0.25) is 11.8 Å². The topological polar surface area (TPSA) is 101 Å². The van der Waals surface area contributed by atoms with Crippen LogP contribution < -0.4 is 16.4 Å². The van der Waals surface area contributed by atoms with E-state index in [0.29, 0.717) is 11.3 Å². The lowest BCUT2D eigenvalue weighted by molar-refractivity contribution is -0.137. The molecule has 0 aliphatic rings. The molecular weight excluding hydrogens is 375 g/mol.